The molecule has 24 rings (SSSR count). The summed E-state index contributed by atoms with van der Waals surface area (Å²) in [6.07, 6.45) is 0. The molecule has 4 heteroatoms. The van der Waals surface area contributed by atoms with Crippen LogP contribution in [0.2, 0.25) is 0 Å². The molecule has 0 N–H and O–H groups in total. The zero-order chi connectivity index (χ0) is 81.7. The highest BCUT2D eigenvalue weighted by atomic mass is 32.1. The van der Waals surface area contributed by atoms with Gasteiger partial charge in [0.25, 0.3) is 0 Å². The highest BCUT2D eigenvalue weighted by Gasteiger charge is 2.48. The van der Waals surface area contributed by atoms with Crippen molar-refractivity contribution in [1.29, 1.82) is 0 Å². The van der Waals surface area contributed by atoms with E-state index in [1.807, 2.05) is 11.3 Å². The van der Waals surface area contributed by atoms with Gasteiger partial charge in [-0.15, -0.1) is 11.3 Å². The topological polar surface area (TPSA) is 19.6 Å². The maximum absolute atomic E-state index is 6.76. The van der Waals surface area contributed by atoms with Gasteiger partial charge >= 0.3 is 0 Å². The highest BCUT2D eigenvalue weighted by molar-refractivity contribution is 7.25. The number of para-hydroxylation sites is 1. The van der Waals surface area contributed by atoms with E-state index in [0.717, 1.165) is 67.2 Å². The van der Waals surface area contributed by atoms with Crippen molar-refractivity contribution in [2.24, 2.45) is 0 Å². The average molecular weight is 1590 g/mol. The molecule has 0 bridgehead atoms. The predicted molar refractivity (Wildman–Crippen MR) is 516 cm³/mol. The SMILES string of the molecule is CC1(C)c2ccccc2-c2ccc(N(c3cccc(-c4ccccc4)c3)c3cccc(-c4ccc5c(c4)oc4ccc(C6(c7ccccc7)c7ccccc7-c7ccccc76)cc45)c3)cc21.c1ccc(-c2ccc(N(c3ccccc3)c3cccc(-c4ccc5sc6ccc(C7(c8ccccc8)c8ccccc8-c8ccccc87)cc6c5c4)c3)cc2)cc1. The summed E-state index contributed by atoms with van der Waals surface area (Å²) < 4.78 is 9.36. The molecule has 0 spiro atoms. The molecule has 21 aromatic rings. The van der Waals surface area contributed by atoms with Crippen molar-refractivity contribution in [3.63, 3.8) is 0 Å². The van der Waals surface area contributed by atoms with E-state index in [4.69, 9.17) is 4.42 Å². The number of hydrogen-bond acceptors (Lipinski definition) is 4. The van der Waals surface area contributed by atoms with Crippen LogP contribution in [-0.4, -0.2) is 0 Å². The Labute approximate surface area is 721 Å². The van der Waals surface area contributed by atoms with Crippen molar-refractivity contribution in [3.05, 3.63) is 517 Å². The molecule has 2 heterocycles. The predicted octanol–water partition coefficient (Wildman–Crippen LogP) is 32.3. The van der Waals surface area contributed by atoms with E-state index in [0.29, 0.717) is 0 Å². The lowest BCUT2D eigenvalue weighted by Gasteiger charge is -2.34. The van der Waals surface area contributed by atoms with Crippen molar-refractivity contribution in [2.45, 2.75) is 30.1 Å². The third-order valence-electron chi connectivity index (χ3n) is 26.3. The molecule has 0 fully saturated rings. The number of rotatable bonds is 14. The van der Waals surface area contributed by atoms with E-state index in [-0.39, 0.29) is 5.41 Å². The van der Waals surface area contributed by atoms with E-state index >= 15 is 0 Å². The minimum atomic E-state index is -0.475. The van der Waals surface area contributed by atoms with E-state index < -0.39 is 10.8 Å². The van der Waals surface area contributed by atoms with Crippen LogP contribution in [0.5, 0.6) is 0 Å². The van der Waals surface area contributed by atoms with Gasteiger partial charge in [0, 0.05) is 70.5 Å². The van der Waals surface area contributed by atoms with E-state index in [1.165, 1.54) is 143 Å². The molecule has 3 aliphatic rings. The minimum absolute atomic E-state index is 0.127. The third kappa shape index (κ3) is 12.0. The monoisotopic (exact) mass is 1590 g/mol. The quantitative estimate of drug-likeness (QED) is 0.108. The molecule has 0 aliphatic heterocycles. The Morgan fingerprint density at radius 1 is 0.195 bits per heavy atom. The van der Waals surface area contributed by atoms with Crippen LogP contribution in [0.3, 0.4) is 0 Å². The molecule has 0 saturated heterocycles. The number of thiophene rings is 1. The molecular formula is C119H82N2OS. The summed E-state index contributed by atoms with van der Waals surface area (Å²) in [4.78, 5) is 4.77. The molecule has 580 valence electrons. The maximum Gasteiger partial charge on any atom is 0.136 e. The molecule has 0 atom stereocenters. The molecule has 19 aromatic carbocycles. The number of fused-ring (bicyclic) bond motifs is 15. The van der Waals surface area contributed by atoms with Crippen LogP contribution in [0, 0.1) is 0 Å². The standard InChI is InChI=1S/C64H45NO.C55H37NS/c1-63(2)57-28-12-9-25-51(57)54-35-33-50(41-60(54)63)65(48-23-15-19-43(37-48)42-17-5-3-6-18-42)49-24-16-20-44(38-49)45-31-34-55-56-40-47(32-36-61(56)66-62(55)39-45)64(46-21-7-4-8-22-46)58-29-13-10-26-52(58)53-27-11-14-30-59(53)64;1-4-15-38(16-5-1)39-27-31-45(32-28-39)56(44-20-8-3-9-21-44)46-22-14-17-40(35-46)41-29-33-53-49(36-41)50-37-43(30-34-54(50)57-53)55(42-18-6-2-7-19-42)51-25-12-10-23-47(51)48-24-11-13-26-52(48)55/h3-41H,1-2H3;1-37H. The smallest absolute Gasteiger partial charge is 0.136 e. The van der Waals surface area contributed by atoms with Gasteiger partial charge in [-0.2, -0.15) is 0 Å². The summed E-state index contributed by atoms with van der Waals surface area (Å²) in [6.45, 7) is 4.71. The van der Waals surface area contributed by atoms with Crippen molar-refractivity contribution in [3.8, 4) is 77.9 Å². The minimum Gasteiger partial charge on any atom is -0.456 e. The Hall–Kier alpha value is -15.2. The van der Waals surface area contributed by atoms with Crippen LogP contribution in [0.15, 0.2) is 465 Å². The van der Waals surface area contributed by atoms with Gasteiger partial charge in [0.2, 0.25) is 0 Å². The first-order valence-electron chi connectivity index (χ1n) is 42.6. The van der Waals surface area contributed by atoms with Crippen LogP contribution >= 0.6 is 11.3 Å². The molecule has 0 radical (unpaired) electrons. The number of benzene rings is 19. The summed E-state index contributed by atoms with van der Waals surface area (Å²) in [6, 6.07) is 169. The Bertz CT molecular complexity index is 7560. The lowest BCUT2D eigenvalue weighted by atomic mass is 9.67. The molecule has 3 aliphatic carbocycles. The Kier molecular flexibility index (Phi) is 17.6. The Morgan fingerprint density at radius 3 is 1.06 bits per heavy atom. The van der Waals surface area contributed by atoms with Gasteiger partial charge in [-0.25, -0.2) is 0 Å². The number of nitrogens with zero attached hydrogens (tertiary/aromatic N) is 2. The van der Waals surface area contributed by atoms with Crippen LogP contribution in [0.1, 0.15) is 69.5 Å². The summed E-state index contributed by atoms with van der Waals surface area (Å²) in [5.74, 6) is 0. The van der Waals surface area contributed by atoms with Gasteiger partial charge in [0.15, 0.2) is 0 Å². The van der Waals surface area contributed by atoms with Gasteiger partial charge in [-0.3, -0.25) is 0 Å². The third-order valence-corrected chi connectivity index (χ3v) is 27.4. The fourth-order valence-corrected chi connectivity index (χ4v) is 21.7. The van der Waals surface area contributed by atoms with Gasteiger partial charge in [-0.05, 0) is 255 Å². The first-order chi connectivity index (χ1) is 60.7. The van der Waals surface area contributed by atoms with Gasteiger partial charge in [0.05, 0.1) is 10.8 Å². The van der Waals surface area contributed by atoms with Crippen molar-refractivity contribution in [2.75, 3.05) is 9.80 Å². The van der Waals surface area contributed by atoms with Crippen LogP contribution in [-0.2, 0) is 16.2 Å². The number of furan rings is 1. The molecule has 2 aromatic heterocycles. The molecule has 3 nitrogen and oxygen atoms in total. The second kappa shape index (κ2) is 29.6. The lowest BCUT2D eigenvalue weighted by Crippen LogP contribution is -2.28. The maximum atomic E-state index is 6.76. The van der Waals surface area contributed by atoms with Gasteiger partial charge < -0.3 is 14.2 Å². The zero-order valence-corrected chi connectivity index (χ0v) is 68.9. The van der Waals surface area contributed by atoms with Crippen molar-refractivity contribution >= 4 is 87.6 Å². The Balaban J connectivity index is 0.000000144. The number of anilines is 6. The summed E-state index contributed by atoms with van der Waals surface area (Å²) in [7, 11) is 0. The van der Waals surface area contributed by atoms with E-state index in [1.54, 1.807) is 0 Å². The van der Waals surface area contributed by atoms with Crippen LogP contribution in [0.4, 0.5) is 34.1 Å². The lowest BCUT2D eigenvalue weighted by molar-refractivity contribution is 0.660. The molecular weight excluding hydrogens is 1510 g/mol. The molecule has 0 amide bonds. The first-order valence-corrected chi connectivity index (χ1v) is 43.4. The van der Waals surface area contributed by atoms with E-state index in [2.05, 4.69) is 485 Å². The fraction of sp³-hybridized carbons (Fsp3) is 0.0420. The first kappa shape index (κ1) is 73.0. The summed E-state index contributed by atoms with van der Waals surface area (Å²) >= 11 is 1.88. The van der Waals surface area contributed by atoms with Crippen LogP contribution < -0.4 is 9.80 Å². The average Bonchev–Trinajstić information content (AvgIpc) is 1.54. The zero-order valence-electron chi connectivity index (χ0n) is 68.1. The van der Waals surface area contributed by atoms with Gasteiger partial charge in [0.1, 0.15) is 11.2 Å². The second-order valence-corrected chi connectivity index (χ2v) is 34.4. The van der Waals surface area contributed by atoms with E-state index in [9.17, 15) is 0 Å². The molecule has 0 unspecified atom stereocenters. The van der Waals surface area contributed by atoms with Crippen molar-refractivity contribution < 1.29 is 4.42 Å². The second-order valence-electron chi connectivity index (χ2n) is 33.3. The normalized spacial score (nSPS) is 13.3. The summed E-state index contributed by atoms with van der Waals surface area (Å²) in [5, 5.41) is 4.81. The highest BCUT2D eigenvalue weighted by Crippen LogP contribution is 2.60. The fourth-order valence-electron chi connectivity index (χ4n) is 20.6. The number of hydrogen-bond donors (Lipinski definition) is 0. The van der Waals surface area contributed by atoms with Crippen molar-refractivity contribution in [1.82, 2.24) is 0 Å². The largest absolute Gasteiger partial charge is 0.456 e. The van der Waals surface area contributed by atoms with Crippen LogP contribution in [0.25, 0.3) is 120 Å². The molecule has 123 heavy (non-hydrogen) atoms. The Morgan fingerprint density at radius 2 is 0.528 bits per heavy atom. The van der Waals surface area contributed by atoms with Gasteiger partial charge in [-0.1, -0.05) is 354 Å². The molecule has 0 saturated carbocycles. The summed E-state index contributed by atoms with van der Waals surface area (Å²) in [5.41, 5.74) is 37.7.